The summed E-state index contributed by atoms with van der Waals surface area (Å²) in [5.41, 5.74) is 6.52. The van der Waals surface area contributed by atoms with Gasteiger partial charge >= 0.3 is 0 Å². The topological polar surface area (TPSA) is 65.1 Å². The Morgan fingerprint density at radius 2 is 2.42 bits per heavy atom. The van der Waals surface area contributed by atoms with Crippen molar-refractivity contribution in [2.75, 3.05) is 6.61 Å². The van der Waals surface area contributed by atoms with Crippen LogP contribution in [0.1, 0.15) is 22.7 Å². The van der Waals surface area contributed by atoms with Gasteiger partial charge < -0.3 is 4.74 Å². The van der Waals surface area contributed by atoms with Gasteiger partial charge in [-0.05, 0) is 29.2 Å². The standard InChI is InChI=1S/C14H18N4O/c1-18-9-10(8-16-18)6-13(17-15)11-2-3-14-12(7-11)4-5-19-14/h2-3,7-9,13,17H,4-6,15H2,1H3. The van der Waals surface area contributed by atoms with Gasteiger partial charge in [-0.1, -0.05) is 12.1 Å². The van der Waals surface area contributed by atoms with Gasteiger partial charge in [-0.15, -0.1) is 0 Å². The Morgan fingerprint density at radius 1 is 1.53 bits per heavy atom. The molecule has 3 N–H and O–H groups in total. The third-order valence-electron chi connectivity index (χ3n) is 3.52. The fourth-order valence-electron chi connectivity index (χ4n) is 2.51. The Morgan fingerprint density at radius 3 is 3.16 bits per heavy atom. The first-order valence-corrected chi connectivity index (χ1v) is 6.45. The van der Waals surface area contributed by atoms with Crippen LogP contribution >= 0.6 is 0 Å². The number of nitrogens with two attached hydrogens (primary N) is 1. The Hall–Kier alpha value is -1.85. The van der Waals surface area contributed by atoms with Crippen LogP contribution in [0.5, 0.6) is 5.75 Å². The van der Waals surface area contributed by atoms with E-state index in [1.54, 1.807) is 4.68 Å². The Balaban J connectivity index is 1.82. The summed E-state index contributed by atoms with van der Waals surface area (Å²) in [6.45, 7) is 0.780. The molecule has 0 bridgehead atoms. The number of fused-ring (bicyclic) bond motifs is 1. The predicted octanol–water partition coefficient (Wildman–Crippen LogP) is 1.10. The summed E-state index contributed by atoms with van der Waals surface area (Å²) in [5, 5.41) is 4.18. The molecule has 5 nitrogen and oxygen atoms in total. The normalized spacial score (nSPS) is 15.1. The molecule has 1 aromatic carbocycles. The zero-order valence-corrected chi connectivity index (χ0v) is 11.0. The minimum absolute atomic E-state index is 0.0927. The lowest BCUT2D eigenvalue weighted by molar-refractivity contribution is 0.356. The maximum absolute atomic E-state index is 5.70. The van der Waals surface area contributed by atoms with E-state index in [0.29, 0.717) is 0 Å². The first-order chi connectivity index (χ1) is 9.26. The molecule has 5 heteroatoms. The number of aryl methyl sites for hydroxylation is 1. The van der Waals surface area contributed by atoms with Crippen LogP contribution in [0.2, 0.25) is 0 Å². The highest BCUT2D eigenvalue weighted by atomic mass is 16.5. The lowest BCUT2D eigenvalue weighted by Crippen LogP contribution is -2.29. The van der Waals surface area contributed by atoms with Crippen LogP contribution in [0.15, 0.2) is 30.6 Å². The van der Waals surface area contributed by atoms with E-state index < -0.39 is 0 Å². The van der Waals surface area contributed by atoms with Crippen molar-refractivity contribution in [2.24, 2.45) is 12.9 Å². The Labute approximate surface area is 112 Å². The number of hydrazine groups is 1. The molecule has 0 saturated heterocycles. The van der Waals surface area contributed by atoms with Gasteiger partial charge in [0.05, 0.1) is 18.8 Å². The highest BCUT2D eigenvalue weighted by molar-refractivity contribution is 5.41. The molecular formula is C14H18N4O. The molecule has 2 heterocycles. The smallest absolute Gasteiger partial charge is 0.122 e. The van der Waals surface area contributed by atoms with Gasteiger partial charge in [0, 0.05) is 19.7 Å². The zero-order valence-electron chi connectivity index (χ0n) is 11.0. The fraction of sp³-hybridized carbons (Fsp3) is 0.357. The second kappa shape index (κ2) is 5.03. The molecule has 0 aliphatic carbocycles. The summed E-state index contributed by atoms with van der Waals surface area (Å²) in [5.74, 6) is 6.70. The number of ether oxygens (including phenoxy) is 1. The van der Waals surface area contributed by atoms with Crippen LogP contribution < -0.4 is 16.0 Å². The molecule has 0 spiro atoms. The predicted molar refractivity (Wildman–Crippen MR) is 72.6 cm³/mol. The summed E-state index contributed by atoms with van der Waals surface area (Å²) in [6, 6.07) is 6.38. The van der Waals surface area contributed by atoms with Gasteiger partial charge in [-0.2, -0.15) is 5.10 Å². The van der Waals surface area contributed by atoms with Crippen LogP contribution in [0.25, 0.3) is 0 Å². The van der Waals surface area contributed by atoms with E-state index in [1.807, 2.05) is 25.5 Å². The van der Waals surface area contributed by atoms with Crippen molar-refractivity contribution in [3.8, 4) is 5.75 Å². The summed E-state index contributed by atoms with van der Waals surface area (Å²) in [6.07, 6.45) is 5.69. The third-order valence-corrected chi connectivity index (χ3v) is 3.52. The molecule has 1 atom stereocenters. The largest absolute Gasteiger partial charge is 0.493 e. The van der Waals surface area contributed by atoms with Crippen LogP contribution in [0, 0.1) is 0 Å². The molecule has 0 amide bonds. The van der Waals surface area contributed by atoms with E-state index >= 15 is 0 Å². The zero-order chi connectivity index (χ0) is 13.2. The molecule has 1 unspecified atom stereocenters. The molecule has 100 valence electrons. The molecule has 1 aromatic heterocycles. The quantitative estimate of drug-likeness (QED) is 0.637. The van der Waals surface area contributed by atoms with Gasteiger partial charge in [-0.3, -0.25) is 16.0 Å². The van der Waals surface area contributed by atoms with Crippen LogP contribution in [0.4, 0.5) is 0 Å². The van der Waals surface area contributed by atoms with Gasteiger partial charge in [0.25, 0.3) is 0 Å². The van der Waals surface area contributed by atoms with Crippen LogP contribution in [-0.2, 0) is 19.9 Å². The van der Waals surface area contributed by atoms with Gasteiger partial charge in [0.15, 0.2) is 0 Å². The lowest BCUT2D eigenvalue weighted by Gasteiger charge is -2.16. The van der Waals surface area contributed by atoms with Crippen molar-refractivity contribution in [3.63, 3.8) is 0 Å². The minimum Gasteiger partial charge on any atom is -0.493 e. The highest BCUT2D eigenvalue weighted by Gasteiger charge is 2.17. The molecule has 0 saturated carbocycles. The van der Waals surface area contributed by atoms with Crippen molar-refractivity contribution in [3.05, 3.63) is 47.3 Å². The highest BCUT2D eigenvalue weighted by Crippen LogP contribution is 2.29. The van der Waals surface area contributed by atoms with Crippen LogP contribution in [0.3, 0.4) is 0 Å². The van der Waals surface area contributed by atoms with E-state index in [0.717, 1.165) is 25.2 Å². The maximum atomic E-state index is 5.70. The van der Waals surface area contributed by atoms with E-state index in [2.05, 4.69) is 22.7 Å². The van der Waals surface area contributed by atoms with Crippen molar-refractivity contribution >= 4 is 0 Å². The number of aromatic nitrogens is 2. The molecular weight excluding hydrogens is 240 g/mol. The first-order valence-electron chi connectivity index (χ1n) is 6.45. The molecule has 1 aliphatic heterocycles. The molecule has 0 radical (unpaired) electrons. The third kappa shape index (κ3) is 2.47. The summed E-state index contributed by atoms with van der Waals surface area (Å²) in [7, 11) is 1.92. The summed E-state index contributed by atoms with van der Waals surface area (Å²) in [4.78, 5) is 0. The first kappa shape index (κ1) is 12.2. The van der Waals surface area contributed by atoms with E-state index in [4.69, 9.17) is 10.6 Å². The molecule has 0 fully saturated rings. The van der Waals surface area contributed by atoms with Crippen molar-refractivity contribution < 1.29 is 4.74 Å². The number of hydrogen-bond donors (Lipinski definition) is 2. The molecule has 19 heavy (non-hydrogen) atoms. The van der Waals surface area contributed by atoms with E-state index in [-0.39, 0.29) is 6.04 Å². The molecule has 2 aromatic rings. The van der Waals surface area contributed by atoms with E-state index in [9.17, 15) is 0 Å². The Kier molecular flexibility index (Phi) is 3.23. The van der Waals surface area contributed by atoms with Crippen molar-refractivity contribution in [1.82, 2.24) is 15.2 Å². The molecule has 1 aliphatic rings. The van der Waals surface area contributed by atoms with Gasteiger partial charge in [-0.25, -0.2) is 0 Å². The second-order valence-corrected chi connectivity index (χ2v) is 4.91. The monoisotopic (exact) mass is 258 g/mol. The minimum atomic E-state index is 0.0927. The number of nitrogens with zero attached hydrogens (tertiary/aromatic N) is 2. The number of rotatable bonds is 4. The maximum Gasteiger partial charge on any atom is 0.122 e. The number of benzene rings is 1. The Bertz CT molecular complexity index is 579. The van der Waals surface area contributed by atoms with Gasteiger partial charge in [0.1, 0.15) is 5.75 Å². The summed E-state index contributed by atoms with van der Waals surface area (Å²) < 4.78 is 7.33. The fourth-order valence-corrected chi connectivity index (χ4v) is 2.51. The van der Waals surface area contributed by atoms with E-state index in [1.165, 1.54) is 16.7 Å². The lowest BCUT2D eigenvalue weighted by atomic mass is 9.98. The SMILES string of the molecule is Cn1cc(CC(NN)c2ccc3c(c2)CCO3)cn1. The average Bonchev–Trinajstić information content (AvgIpc) is 3.03. The average molecular weight is 258 g/mol. The number of hydrogen-bond acceptors (Lipinski definition) is 4. The van der Waals surface area contributed by atoms with Crippen molar-refractivity contribution in [2.45, 2.75) is 18.9 Å². The number of nitrogens with one attached hydrogen (secondary N) is 1. The molecule has 3 rings (SSSR count). The van der Waals surface area contributed by atoms with Crippen LogP contribution in [-0.4, -0.2) is 16.4 Å². The summed E-state index contributed by atoms with van der Waals surface area (Å²) >= 11 is 0. The van der Waals surface area contributed by atoms with Gasteiger partial charge in [0.2, 0.25) is 0 Å². The second-order valence-electron chi connectivity index (χ2n) is 4.91. The van der Waals surface area contributed by atoms with Crippen molar-refractivity contribution in [1.29, 1.82) is 0 Å².